The molecule has 1 aliphatic heterocycles. The molecule has 0 amide bonds. The SMILES string of the molecule is CC1=CN(F)CC1. The third kappa shape index (κ3) is 0.918. The highest BCUT2D eigenvalue weighted by Gasteiger charge is 2.05. The van der Waals surface area contributed by atoms with Gasteiger partial charge in [-0.15, -0.1) is 4.48 Å². The summed E-state index contributed by atoms with van der Waals surface area (Å²) < 4.78 is 11.9. The average molecular weight is 101 g/mol. The Bertz CT molecular complexity index is 98.3. The monoisotopic (exact) mass is 101 g/mol. The maximum atomic E-state index is 11.9. The fourth-order valence-electron chi connectivity index (χ4n) is 0.651. The molecule has 2 heteroatoms. The van der Waals surface area contributed by atoms with Gasteiger partial charge in [-0.25, -0.2) is 5.12 Å². The predicted octanol–water partition coefficient (Wildman–Crippen LogP) is 1.48. The van der Waals surface area contributed by atoms with Gasteiger partial charge in [0.2, 0.25) is 0 Å². The molecule has 0 aromatic heterocycles. The first-order chi connectivity index (χ1) is 3.29. The van der Waals surface area contributed by atoms with Crippen LogP contribution in [0.15, 0.2) is 11.8 Å². The number of nitrogens with zero attached hydrogens (tertiary/aromatic N) is 1. The molecule has 0 saturated carbocycles. The van der Waals surface area contributed by atoms with Crippen LogP contribution in [0, 0.1) is 0 Å². The molecule has 0 bridgehead atoms. The molecule has 7 heavy (non-hydrogen) atoms. The molecule has 0 aromatic rings. The molecule has 0 saturated heterocycles. The summed E-state index contributed by atoms with van der Waals surface area (Å²) in [5.41, 5.74) is 1.13. The fourth-order valence-corrected chi connectivity index (χ4v) is 0.651. The summed E-state index contributed by atoms with van der Waals surface area (Å²) in [6, 6.07) is 0. The van der Waals surface area contributed by atoms with E-state index in [4.69, 9.17) is 0 Å². The minimum atomic E-state index is 0.547. The minimum Gasteiger partial charge on any atom is -0.219 e. The Morgan fingerprint density at radius 1 is 1.86 bits per heavy atom. The van der Waals surface area contributed by atoms with Crippen molar-refractivity contribution in [3.63, 3.8) is 0 Å². The molecular formula is C5H8FN. The lowest BCUT2D eigenvalue weighted by Gasteiger charge is -1.94. The van der Waals surface area contributed by atoms with Crippen LogP contribution in [0.2, 0.25) is 0 Å². The zero-order chi connectivity index (χ0) is 5.28. The molecule has 1 heterocycles. The first kappa shape index (κ1) is 4.62. The third-order valence-electron chi connectivity index (χ3n) is 1.08. The Kier molecular flexibility index (Phi) is 1.01. The van der Waals surface area contributed by atoms with Crippen LogP contribution in [0.25, 0.3) is 0 Å². The number of rotatable bonds is 0. The molecule has 0 fully saturated rings. The van der Waals surface area contributed by atoms with Crippen molar-refractivity contribution in [3.05, 3.63) is 11.8 Å². The molecule has 0 spiro atoms. The molecule has 40 valence electrons. The molecule has 0 aliphatic carbocycles. The van der Waals surface area contributed by atoms with Crippen LogP contribution in [0.1, 0.15) is 13.3 Å². The highest BCUT2D eigenvalue weighted by Crippen LogP contribution is 2.11. The summed E-state index contributed by atoms with van der Waals surface area (Å²) >= 11 is 0. The fraction of sp³-hybridized carbons (Fsp3) is 0.600. The number of halogens is 1. The topological polar surface area (TPSA) is 3.24 Å². The van der Waals surface area contributed by atoms with Crippen molar-refractivity contribution in [2.75, 3.05) is 6.54 Å². The summed E-state index contributed by atoms with van der Waals surface area (Å²) in [5, 5.41) is 0.718. The smallest absolute Gasteiger partial charge is 0.0536 e. The molecule has 0 aromatic carbocycles. The van der Waals surface area contributed by atoms with Crippen LogP contribution in [0.4, 0.5) is 4.48 Å². The first-order valence-electron chi connectivity index (χ1n) is 2.39. The zero-order valence-corrected chi connectivity index (χ0v) is 4.32. The van der Waals surface area contributed by atoms with Gasteiger partial charge in [0.1, 0.15) is 0 Å². The summed E-state index contributed by atoms with van der Waals surface area (Å²) in [6.07, 6.45) is 2.41. The summed E-state index contributed by atoms with van der Waals surface area (Å²) in [5.74, 6) is 0. The van der Waals surface area contributed by atoms with E-state index < -0.39 is 0 Å². The van der Waals surface area contributed by atoms with E-state index in [-0.39, 0.29) is 0 Å². The van der Waals surface area contributed by atoms with Gasteiger partial charge >= 0.3 is 0 Å². The van der Waals surface area contributed by atoms with Crippen molar-refractivity contribution in [3.8, 4) is 0 Å². The molecule has 0 unspecified atom stereocenters. The zero-order valence-electron chi connectivity index (χ0n) is 4.32. The van der Waals surface area contributed by atoms with Crippen molar-refractivity contribution < 1.29 is 4.48 Å². The van der Waals surface area contributed by atoms with Crippen LogP contribution in [0.5, 0.6) is 0 Å². The van der Waals surface area contributed by atoms with Gasteiger partial charge in [0, 0.05) is 6.20 Å². The second kappa shape index (κ2) is 1.52. The first-order valence-corrected chi connectivity index (χ1v) is 2.39. The Labute approximate surface area is 42.4 Å². The second-order valence-corrected chi connectivity index (χ2v) is 1.85. The van der Waals surface area contributed by atoms with Gasteiger partial charge in [0.25, 0.3) is 0 Å². The number of hydrogen-bond donors (Lipinski definition) is 0. The van der Waals surface area contributed by atoms with E-state index in [1.54, 1.807) is 0 Å². The number of hydrogen-bond acceptors (Lipinski definition) is 1. The van der Waals surface area contributed by atoms with Gasteiger partial charge in [-0.1, -0.05) is 5.57 Å². The molecule has 0 N–H and O–H groups in total. The van der Waals surface area contributed by atoms with Gasteiger partial charge in [-0.3, -0.25) is 0 Å². The highest BCUT2D eigenvalue weighted by molar-refractivity contribution is 5.01. The van der Waals surface area contributed by atoms with Crippen molar-refractivity contribution in [2.45, 2.75) is 13.3 Å². The molecular weight excluding hydrogens is 93.1 g/mol. The maximum Gasteiger partial charge on any atom is 0.0536 e. The van der Waals surface area contributed by atoms with Crippen molar-refractivity contribution in [1.29, 1.82) is 0 Å². The van der Waals surface area contributed by atoms with Crippen molar-refractivity contribution in [2.24, 2.45) is 0 Å². The Morgan fingerprint density at radius 3 is 2.71 bits per heavy atom. The van der Waals surface area contributed by atoms with Crippen LogP contribution >= 0.6 is 0 Å². The summed E-state index contributed by atoms with van der Waals surface area (Å²) in [4.78, 5) is 0. The van der Waals surface area contributed by atoms with Crippen LogP contribution in [-0.4, -0.2) is 11.7 Å². The van der Waals surface area contributed by atoms with E-state index in [1.165, 1.54) is 6.20 Å². The standard InChI is InChI=1S/C5H8FN/c1-5-2-3-7(6)4-5/h4H,2-3H2,1H3. The lowest BCUT2D eigenvalue weighted by atomic mass is 10.3. The van der Waals surface area contributed by atoms with Crippen molar-refractivity contribution >= 4 is 0 Å². The van der Waals surface area contributed by atoms with Gasteiger partial charge in [-0.05, 0) is 13.3 Å². The van der Waals surface area contributed by atoms with Crippen LogP contribution in [0.3, 0.4) is 0 Å². The van der Waals surface area contributed by atoms with Gasteiger partial charge < -0.3 is 0 Å². The average Bonchev–Trinajstić information content (AvgIpc) is 1.87. The minimum absolute atomic E-state index is 0.547. The van der Waals surface area contributed by atoms with Crippen LogP contribution in [-0.2, 0) is 0 Å². The van der Waals surface area contributed by atoms with E-state index in [0.717, 1.165) is 17.1 Å². The quantitative estimate of drug-likeness (QED) is 0.418. The van der Waals surface area contributed by atoms with Gasteiger partial charge in [0.05, 0.1) is 6.54 Å². The Hall–Kier alpha value is -0.530. The van der Waals surface area contributed by atoms with E-state index >= 15 is 0 Å². The summed E-state index contributed by atoms with van der Waals surface area (Å²) in [7, 11) is 0. The lowest BCUT2D eigenvalue weighted by molar-refractivity contribution is 0.104. The van der Waals surface area contributed by atoms with Gasteiger partial charge in [-0.2, -0.15) is 0 Å². The molecule has 1 nitrogen and oxygen atoms in total. The highest BCUT2D eigenvalue weighted by atomic mass is 19.2. The molecule has 1 aliphatic rings. The van der Waals surface area contributed by atoms with Crippen LogP contribution < -0.4 is 0 Å². The molecule has 1 rings (SSSR count). The molecule has 0 radical (unpaired) electrons. The normalized spacial score (nSPS) is 20.3. The largest absolute Gasteiger partial charge is 0.219 e. The summed E-state index contributed by atoms with van der Waals surface area (Å²) in [6.45, 7) is 2.48. The second-order valence-electron chi connectivity index (χ2n) is 1.85. The maximum absolute atomic E-state index is 11.9. The molecule has 0 atom stereocenters. The van der Waals surface area contributed by atoms with E-state index in [0.29, 0.717) is 6.54 Å². The Morgan fingerprint density at radius 2 is 2.57 bits per heavy atom. The van der Waals surface area contributed by atoms with Crippen molar-refractivity contribution in [1.82, 2.24) is 5.12 Å². The van der Waals surface area contributed by atoms with E-state index in [2.05, 4.69) is 0 Å². The predicted molar refractivity (Wildman–Crippen MR) is 26.2 cm³/mol. The van der Waals surface area contributed by atoms with E-state index in [9.17, 15) is 4.48 Å². The van der Waals surface area contributed by atoms with E-state index in [1.807, 2.05) is 6.92 Å². The lowest BCUT2D eigenvalue weighted by Crippen LogP contribution is -1.97. The Balaban J connectivity index is 2.50. The van der Waals surface area contributed by atoms with Gasteiger partial charge in [0.15, 0.2) is 0 Å². The third-order valence-corrected chi connectivity index (χ3v) is 1.08.